The summed E-state index contributed by atoms with van der Waals surface area (Å²) in [6.07, 6.45) is 26.7. The number of aryl methyl sites for hydroxylation is 1. The van der Waals surface area contributed by atoms with E-state index >= 15 is 0 Å². The normalized spacial score (nSPS) is 11.7. The van der Waals surface area contributed by atoms with Crippen molar-refractivity contribution in [2.75, 3.05) is 0 Å². The third kappa shape index (κ3) is 10.1. The fourth-order valence-corrected chi connectivity index (χ4v) is 4.96. The van der Waals surface area contributed by atoms with Gasteiger partial charge in [0.2, 0.25) is 6.33 Å². The molecule has 2 heteroatoms. The van der Waals surface area contributed by atoms with Gasteiger partial charge < -0.3 is 0 Å². The molecule has 2 aromatic rings. The van der Waals surface area contributed by atoms with E-state index in [0.29, 0.717) is 11.8 Å². The van der Waals surface area contributed by atoms with Crippen molar-refractivity contribution in [3.8, 4) is 5.69 Å². The summed E-state index contributed by atoms with van der Waals surface area (Å²) in [4.78, 5) is 0. The number of unbranched alkanes of at least 4 members (excludes halogenated alkanes) is 13. The Morgan fingerprint density at radius 2 is 1.12 bits per heavy atom. The molecule has 0 aliphatic heterocycles. The summed E-state index contributed by atoms with van der Waals surface area (Å²) in [5.74, 6) is 1.06. The first-order valence-electron chi connectivity index (χ1n) is 14.2. The SMILES string of the molecule is CCCCCCCCCCCCCCCC[n+]1ccn(-c2c(C(C)C)cccc2C(C)C)c1. The lowest BCUT2D eigenvalue weighted by Gasteiger charge is -2.16. The number of aromatic nitrogens is 2. The van der Waals surface area contributed by atoms with Crippen LogP contribution in [-0.2, 0) is 6.54 Å². The van der Waals surface area contributed by atoms with Crippen molar-refractivity contribution in [2.24, 2.45) is 0 Å². The zero-order chi connectivity index (χ0) is 23.9. The topological polar surface area (TPSA) is 8.81 Å². The van der Waals surface area contributed by atoms with E-state index in [9.17, 15) is 0 Å². The molecule has 1 aromatic heterocycles. The van der Waals surface area contributed by atoms with E-state index in [-0.39, 0.29) is 0 Å². The molecular weight excluding hydrogens is 400 g/mol. The lowest BCUT2D eigenvalue weighted by atomic mass is 9.92. The number of hydrogen-bond acceptors (Lipinski definition) is 0. The van der Waals surface area contributed by atoms with Crippen molar-refractivity contribution < 1.29 is 4.57 Å². The zero-order valence-electron chi connectivity index (χ0n) is 22.6. The van der Waals surface area contributed by atoms with Crippen LogP contribution >= 0.6 is 0 Å². The Morgan fingerprint density at radius 3 is 1.58 bits per heavy atom. The standard InChI is InChI=1S/C31H53N2/c1-6-7-8-9-10-11-12-13-14-15-16-17-18-19-23-32-24-25-33(26-32)31-29(27(2)3)21-20-22-30(31)28(4)5/h20-22,24-28H,6-19,23H2,1-5H3/q+1. The summed E-state index contributed by atoms with van der Waals surface area (Å²) >= 11 is 0. The van der Waals surface area contributed by atoms with E-state index in [2.05, 4.69) is 80.7 Å². The van der Waals surface area contributed by atoms with Gasteiger partial charge in [0, 0.05) is 11.1 Å². The average Bonchev–Trinajstić information content (AvgIpc) is 3.27. The molecule has 0 unspecified atom stereocenters. The van der Waals surface area contributed by atoms with Gasteiger partial charge in [-0.05, 0) is 24.7 Å². The molecule has 2 nitrogen and oxygen atoms in total. The van der Waals surface area contributed by atoms with Gasteiger partial charge in [0.25, 0.3) is 0 Å². The van der Waals surface area contributed by atoms with Gasteiger partial charge in [0.15, 0.2) is 0 Å². The molecule has 0 N–H and O–H groups in total. The number of nitrogens with zero attached hydrogens (tertiary/aromatic N) is 2. The molecule has 0 fully saturated rings. The van der Waals surface area contributed by atoms with E-state index in [1.807, 2.05) is 0 Å². The van der Waals surface area contributed by atoms with Crippen molar-refractivity contribution >= 4 is 0 Å². The molecule has 0 atom stereocenters. The minimum absolute atomic E-state index is 0.528. The summed E-state index contributed by atoms with van der Waals surface area (Å²) in [6, 6.07) is 6.81. The Balaban J connectivity index is 1.64. The quantitative estimate of drug-likeness (QED) is 0.157. The summed E-state index contributed by atoms with van der Waals surface area (Å²) in [5.41, 5.74) is 4.28. The third-order valence-electron chi connectivity index (χ3n) is 7.06. The Kier molecular flexibility index (Phi) is 13.5. The van der Waals surface area contributed by atoms with Gasteiger partial charge >= 0.3 is 0 Å². The molecule has 0 aliphatic carbocycles. The maximum absolute atomic E-state index is 2.38. The fourth-order valence-electron chi connectivity index (χ4n) is 4.96. The molecule has 0 saturated carbocycles. The molecule has 2 rings (SSSR count). The monoisotopic (exact) mass is 453 g/mol. The number of imidazole rings is 1. The first-order valence-corrected chi connectivity index (χ1v) is 14.2. The van der Waals surface area contributed by atoms with Crippen LogP contribution in [0.4, 0.5) is 0 Å². The minimum atomic E-state index is 0.528. The van der Waals surface area contributed by atoms with Crippen LogP contribution in [0.25, 0.3) is 5.69 Å². The predicted octanol–water partition coefficient (Wildman–Crippen LogP) is 9.49. The lowest BCUT2D eigenvalue weighted by Crippen LogP contribution is -2.30. The van der Waals surface area contributed by atoms with Crippen molar-refractivity contribution in [2.45, 2.75) is 143 Å². The van der Waals surface area contributed by atoms with Crippen LogP contribution in [0.2, 0.25) is 0 Å². The average molecular weight is 454 g/mol. The molecule has 1 aromatic carbocycles. The number of hydrogen-bond donors (Lipinski definition) is 0. The Morgan fingerprint density at radius 1 is 0.667 bits per heavy atom. The van der Waals surface area contributed by atoms with Gasteiger partial charge in [-0.3, -0.25) is 0 Å². The number of para-hydroxylation sites is 1. The first kappa shape index (κ1) is 27.7. The van der Waals surface area contributed by atoms with Crippen molar-refractivity contribution in [1.82, 2.24) is 4.57 Å². The van der Waals surface area contributed by atoms with E-state index in [1.165, 1.54) is 107 Å². The highest BCUT2D eigenvalue weighted by Crippen LogP contribution is 2.30. The van der Waals surface area contributed by atoms with Crippen molar-refractivity contribution in [3.05, 3.63) is 48.0 Å². The van der Waals surface area contributed by atoms with Gasteiger partial charge in [-0.25, -0.2) is 9.13 Å². The highest BCUT2D eigenvalue weighted by molar-refractivity contribution is 5.50. The van der Waals surface area contributed by atoms with E-state index in [4.69, 9.17) is 0 Å². The Hall–Kier alpha value is -1.57. The van der Waals surface area contributed by atoms with Crippen LogP contribution in [-0.4, -0.2) is 4.57 Å². The lowest BCUT2D eigenvalue weighted by molar-refractivity contribution is -0.696. The zero-order valence-corrected chi connectivity index (χ0v) is 22.6. The first-order chi connectivity index (χ1) is 16.0. The summed E-state index contributed by atoms with van der Waals surface area (Å²) in [5, 5.41) is 0. The molecule has 0 radical (unpaired) electrons. The van der Waals surface area contributed by atoms with E-state index in [1.54, 1.807) is 0 Å². The van der Waals surface area contributed by atoms with Crippen molar-refractivity contribution in [1.29, 1.82) is 0 Å². The van der Waals surface area contributed by atoms with Crippen LogP contribution in [0.5, 0.6) is 0 Å². The van der Waals surface area contributed by atoms with E-state index in [0.717, 1.165) is 6.54 Å². The van der Waals surface area contributed by atoms with Crippen LogP contribution in [0, 0.1) is 0 Å². The predicted molar refractivity (Wildman–Crippen MR) is 144 cm³/mol. The molecule has 186 valence electrons. The highest BCUT2D eigenvalue weighted by atomic mass is 15.1. The summed E-state index contributed by atoms with van der Waals surface area (Å²) in [6.45, 7) is 12.6. The van der Waals surface area contributed by atoms with Gasteiger partial charge in [-0.15, -0.1) is 0 Å². The third-order valence-corrected chi connectivity index (χ3v) is 7.06. The second-order valence-corrected chi connectivity index (χ2v) is 10.7. The van der Waals surface area contributed by atoms with Crippen LogP contribution in [0.1, 0.15) is 147 Å². The second-order valence-electron chi connectivity index (χ2n) is 10.7. The molecule has 33 heavy (non-hydrogen) atoms. The largest absolute Gasteiger partial charge is 0.248 e. The van der Waals surface area contributed by atoms with Gasteiger partial charge in [0.05, 0.1) is 6.54 Å². The maximum Gasteiger partial charge on any atom is 0.248 e. The fraction of sp³-hybridized carbons (Fsp3) is 0.710. The molecule has 0 spiro atoms. The smallest absolute Gasteiger partial charge is 0.236 e. The Labute approximate surface area is 205 Å². The van der Waals surface area contributed by atoms with Gasteiger partial charge in [-0.1, -0.05) is 130 Å². The molecule has 0 aliphatic rings. The molecule has 0 saturated heterocycles. The highest BCUT2D eigenvalue weighted by Gasteiger charge is 2.19. The molecule has 1 heterocycles. The summed E-state index contributed by atoms with van der Waals surface area (Å²) < 4.78 is 4.73. The van der Waals surface area contributed by atoms with Crippen molar-refractivity contribution in [3.63, 3.8) is 0 Å². The summed E-state index contributed by atoms with van der Waals surface area (Å²) in [7, 11) is 0. The number of benzene rings is 1. The van der Waals surface area contributed by atoms with Crippen LogP contribution in [0.3, 0.4) is 0 Å². The molecule has 0 amide bonds. The molecule has 0 bridgehead atoms. The van der Waals surface area contributed by atoms with Gasteiger partial charge in [0.1, 0.15) is 18.1 Å². The second kappa shape index (κ2) is 16.1. The van der Waals surface area contributed by atoms with Gasteiger partial charge in [-0.2, -0.15) is 0 Å². The van der Waals surface area contributed by atoms with Crippen LogP contribution in [0.15, 0.2) is 36.9 Å². The van der Waals surface area contributed by atoms with E-state index < -0.39 is 0 Å². The van der Waals surface area contributed by atoms with Crippen LogP contribution < -0.4 is 4.57 Å². The Bertz CT molecular complexity index is 730. The minimum Gasteiger partial charge on any atom is -0.236 e. The number of rotatable bonds is 18. The maximum atomic E-state index is 2.38. The molecular formula is C31H53N2+.